The standard InChI is InChI=1S/C18H29NO3.C7H7NO3/c1-5-15(20)19-10-6-7-13(19)16(21)22-14-11-12-8-9-18(14,4)17(12,2)3;8-7(11)4-1-2-5(9)6(10)3-4/h12-14H,5-11H2,1-4H3;1-3,9-10H,(H2,8,11). The number of hydrogen-bond acceptors (Lipinski definition) is 6. The van der Waals surface area contributed by atoms with Crippen LogP contribution in [0.4, 0.5) is 0 Å². The van der Waals surface area contributed by atoms with Gasteiger partial charge in [-0.05, 0) is 61.6 Å². The third kappa shape index (κ3) is 4.52. The number of ether oxygens (including phenoxy) is 1. The monoisotopic (exact) mass is 460 g/mol. The molecule has 2 saturated carbocycles. The van der Waals surface area contributed by atoms with Crippen LogP contribution in [0.1, 0.15) is 76.6 Å². The van der Waals surface area contributed by atoms with Gasteiger partial charge in [-0.1, -0.05) is 27.7 Å². The zero-order chi connectivity index (χ0) is 24.6. The summed E-state index contributed by atoms with van der Waals surface area (Å²) in [6.07, 6.45) is 5.52. The second-order valence-corrected chi connectivity index (χ2v) is 10.2. The van der Waals surface area contributed by atoms with Gasteiger partial charge in [0.05, 0.1) is 0 Å². The molecule has 33 heavy (non-hydrogen) atoms. The molecule has 1 heterocycles. The second kappa shape index (κ2) is 9.23. The fourth-order valence-electron chi connectivity index (χ4n) is 5.72. The number of phenols is 2. The maximum absolute atomic E-state index is 12.6. The van der Waals surface area contributed by atoms with Crippen LogP contribution in [0.3, 0.4) is 0 Å². The minimum atomic E-state index is -0.639. The minimum Gasteiger partial charge on any atom is -0.504 e. The van der Waals surface area contributed by atoms with Gasteiger partial charge in [0.15, 0.2) is 11.5 Å². The number of aromatic hydroxyl groups is 2. The Bertz CT molecular complexity index is 929. The van der Waals surface area contributed by atoms with Crippen LogP contribution < -0.4 is 5.73 Å². The molecule has 4 N–H and O–H groups in total. The smallest absolute Gasteiger partial charge is 0.329 e. The van der Waals surface area contributed by atoms with Crippen LogP contribution in [0.15, 0.2) is 18.2 Å². The number of primary amides is 1. The van der Waals surface area contributed by atoms with Crippen molar-refractivity contribution in [3.05, 3.63) is 23.8 Å². The van der Waals surface area contributed by atoms with Gasteiger partial charge in [-0.2, -0.15) is 0 Å². The topological polar surface area (TPSA) is 130 Å². The van der Waals surface area contributed by atoms with Crippen molar-refractivity contribution in [1.29, 1.82) is 0 Å². The lowest BCUT2D eigenvalue weighted by Crippen LogP contribution is -2.45. The van der Waals surface area contributed by atoms with E-state index in [0.717, 1.165) is 31.7 Å². The maximum Gasteiger partial charge on any atom is 0.329 e. The van der Waals surface area contributed by atoms with Crippen molar-refractivity contribution in [2.75, 3.05) is 6.54 Å². The van der Waals surface area contributed by atoms with E-state index in [0.29, 0.717) is 18.9 Å². The number of hydrogen-bond donors (Lipinski definition) is 3. The summed E-state index contributed by atoms with van der Waals surface area (Å²) < 4.78 is 5.96. The van der Waals surface area contributed by atoms with E-state index >= 15 is 0 Å². The number of carbonyl (C=O) groups is 3. The number of nitrogens with two attached hydrogens (primary N) is 1. The van der Waals surface area contributed by atoms with E-state index in [1.165, 1.54) is 18.6 Å². The number of fused-ring (bicyclic) bond motifs is 2. The molecule has 1 aromatic carbocycles. The molecule has 0 radical (unpaired) electrons. The highest BCUT2D eigenvalue weighted by Crippen LogP contribution is 2.66. The van der Waals surface area contributed by atoms with Crippen molar-refractivity contribution in [2.45, 2.75) is 78.4 Å². The van der Waals surface area contributed by atoms with Gasteiger partial charge in [0.25, 0.3) is 0 Å². The molecule has 0 spiro atoms. The highest BCUT2D eigenvalue weighted by molar-refractivity contribution is 5.93. The molecule has 4 atom stereocenters. The van der Waals surface area contributed by atoms with Gasteiger partial charge >= 0.3 is 5.97 Å². The SMILES string of the molecule is CCC(=O)N1CCCC1C(=O)OC1CC2CCC1(C)C2(C)C.NC(=O)c1ccc(O)c(O)c1. The molecule has 4 unspecified atom stereocenters. The summed E-state index contributed by atoms with van der Waals surface area (Å²) in [4.78, 5) is 36.8. The number of rotatable bonds is 4. The van der Waals surface area contributed by atoms with Crippen LogP contribution in [0.25, 0.3) is 0 Å². The molecule has 182 valence electrons. The summed E-state index contributed by atoms with van der Waals surface area (Å²) in [5.74, 6) is -0.698. The van der Waals surface area contributed by atoms with Crippen molar-refractivity contribution in [2.24, 2.45) is 22.5 Å². The number of likely N-dealkylation sites (tertiary alicyclic amines) is 1. The van der Waals surface area contributed by atoms with Crippen LogP contribution in [0.2, 0.25) is 0 Å². The molecule has 1 aliphatic heterocycles. The molecular formula is C25H36N2O6. The van der Waals surface area contributed by atoms with Crippen molar-refractivity contribution in [1.82, 2.24) is 4.90 Å². The van der Waals surface area contributed by atoms with E-state index in [4.69, 9.17) is 20.7 Å². The van der Waals surface area contributed by atoms with Gasteiger partial charge < -0.3 is 25.6 Å². The van der Waals surface area contributed by atoms with E-state index < -0.39 is 5.91 Å². The van der Waals surface area contributed by atoms with E-state index in [1.807, 2.05) is 6.92 Å². The molecule has 0 aromatic heterocycles. The first kappa shape index (κ1) is 24.9. The van der Waals surface area contributed by atoms with Crippen LogP contribution in [-0.4, -0.2) is 51.6 Å². The molecule has 2 aliphatic carbocycles. The molecule has 3 fully saturated rings. The van der Waals surface area contributed by atoms with Crippen LogP contribution in [0.5, 0.6) is 11.5 Å². The van der Waals surface area contributed by atoms with Gasteiger partial charge in [0.1, 0.15) is 12.1 Å². The third-order valence-corrected chi connectivity index (χ3v) is 8.38. The fourth-order valence-corrected chi connectivity index (χ4v) is 5.72. The molecule has 1 saturated heterocycles. The summed E-state index contributed by atoms with van der Waals surface area (Å²) in [5, 5.41) is 17.7. The third-order valence-electron chi connectivity index (χ3n) is 8.38. The summed E-state index contributed by atoms with van der Waals surface area (Å²) in [5.41, 5.74) is 5.40. The number of amides is 2. The first-order valence-corrected chi connectivity index (χ1v) is 11.7. The number of esters is 1. The van der Waals surface area contributed by atoms with Gasteiger partial charge in [0.2, 0.25) is 11.8 Å². The highest BCUT2D eigenvalue weighted by Gasteiger charge is 2.63. The lowest BCUT2D eigenvalue weighted by molar-refractivity contribution is -0.164. The molecule has 8 nitrogen and oxygen atoms in total. The number of carbonyl (C=O) groups excluding carboxylic acids is 3. The first-order chi connectivity index (χ1) is 15.4. The van der Waals surface area contributed by atoms with Crippen LogP contribution in [-0.2, 0) is 14.3 Å². The molecule has 3 aliphatic rings. The van der Waals surface area contributed by atoms with Gasteiger partial charge in [-0.3, -0.25) is 9.59 Å². The fraction of sp³-hybridized carbons (Fsp3) is 0.640. The summed E-state index contributed by atoms with van der Waals surface area (Å²) in [6.45, 7) is 9.47. The molecule has 1 aromatic rings. The van der Waals surface area contributed by atoms with Gasteiger partial charge in [0, 0.05) is 23.9 Å². The number of phenolic OH excluding ortho intramolecular Hbond substituents is 2. The molecular weight excluding hydrogens is 424 g/mol. The molecule has 8 heteroatoms. The molecule has 2 bridgehead atoms. The predicted molar refractivity (Wildman–Crippen MR) is 122 cm³/mol. The van der Waals surface area contributed by atoms with E-state index in [-0.39, 0.29) is 51.9 Å². The Morgan fingerprint density at radius 2 is 1.85 bits per heavy atom. The molecule has 4 rings (SSSR count). The number of benzene rings is 1. The van der Waals surface area contributed by atoms with Crippen LogP contribution >= 0.6 is 0 Å². The minimum absolute atomic E-state index is 0.0212. The zero-order valence-corrected chi connectivity index (χ0v) is 20.0. The zero-order valence-electron chi connectivity index (χ0n) is 20.0. The summed E-state index contributed by atoms with van der Waals surface area (Å²) >= 11 is 0. The van der Waals surface area contributed by atoms with E-state index in [2.05, 4.69) is 20.8 Å². The van der Waals surface area contributed by atoms with Crippen molar-refractivity contribution < 1.29 is 29.3 Å². The quantitative estimate of drug-likeness (QED) is 0.467. The Hall–Kier alpha value is -2.77. The Kier molecular flexibility index (Phi) is 6.96. The average molecular weight is 461 g/mol. The van der Waals surface area contributed by atoms with Gasteiger partial charge in [-0.25, -0.2) is 4.79 Å². The highest BCUT2D eigenvalue weighted by atomic mass is 16.5. The normalized spacial score (nSPS) is 29.3. The summed E-state index contributed by atoms with van der Waals surface area (Å²) in [7, 11) is 0. The molecule has 2 amide bonds. The second-order valence-electron chi connectivity index (χ2n) is 10.2. The Morgan fingerprint density at radius 3 is 2.36 bits per heavy atom. The lowest BCUT2D eigenvalue weighted by Gasteiger charge is -2.39. The van der Waals surface area contributed by atoms with E-state index in [1.54, 1.807) is 4.90 Å². The Morgan fingerprint density at radius 1 is 1.15 bits per heavy atom. The average Bonchev–Trinajstić information content (AvgIpc) is 3.39. The van der Waals surface area contributed by atoms with Crippen LogP contribution in [0, 0.1) is 16.7 Å². The Balaban J connectivity index is 0.000000235. The maximum atomic E-state index is 12.6. The van der Waals surface area contributed by atoms with Crippen molar-refractivity contribution in [3.8, 4) is 11.5 Å². The Labute approximate surface area is 195 Å². The predicted octanol–water partition coefficient (Wildman–Crippen LogP) is 3.34. The number of nitrogens with zero attached hydrogens (tertiary/aromatic N) is 1. The van der Waals surface area contributed by atoms with Crippen molar-refractivity contribution >= 4 is 17.8 Å². The van der Waals surface area contributed by atoms with E-state index in [9.17, 15) is 14.4 Å². The summed E-state index contributed by atoms with van der Waals surface area (Å²) in [6, 6.07) is 3.29. The lowest BCUT2D eigenvalue weighted by atomic mass is 9.70. The van der Waals surface area contributed by atoms with Crippen molar-refractivity contribution in [3.63, 3.8) is 0 Å². The largest absolute Gasteiger partial charge is 0.504 e. The van der Waals surface area contributed by atoms with Gasteiger partial charge in [-0.15, -0.1) is 0 Å². The first-order valence-electron chi connectivity index (χ1n) is 11.7.